The van der Waals surface area contributed by atoms with Crippen molar-refractivity contribution in [2.45, 2.75) is 25.5 Å². The van der Waals surface area contributed by atoms with E-state index in [1.807, 2.05) is 0 Å². The summed E-state index contributed by atoms with van der Waals surface area (Å²) < 4.78 is 38.1. The van der Waals surface area contributed by atoms with Crippen molar-refractivity contribution >= 4 is 22.1 Å². The van der Waals surface area contributed by atoms with E-state index in [4.69, 9.17) is 15.0 Å². The number of carbonyl (C=O) groups excluding carboxylic acids is 2. The Labute approximate surface area is 98.8 Å². The molecule has 0 aromatic carbocycles. The Hall–Kier alpha value is -1.19. The number of hydrogen-bond donors (Lipinski definition) is 2. The first-order chi connectivity index (χ1) is 7.67. The van der Waals surface area contributed by atoms with Gasteiger partial charge in [-0.15, -0.1) is 0 Å². The Morgan fingerprint density at radius 1 is 1.41 bits per heavy atom. The van der Waals surface area contributed by atoms with E-state index in [1.165, 1.54) is 6.92 Å². The number of rotatable bonds is 6. The van der Waals surface area contributed by atoms with Gasteiger partial charge in [0.05, 0.1) is 19.3 Å². The van der Waals surface area contributed by atoms with Crippen LogP contribution < -0.4 is 5.73 Å². The van der Waals surface area contributed by atoms with E-state index in [0.29, 0.717) is 0 Å². The smallest absolute Gasteiger partial charge is 0.326 e. The van der Waals surface area contributed by atoms with Gasteiger partial charge in [0.1, 0.15) is 12.1 Å². The van der Waals surface area contributed by atoms with E-state index >= 15 is 0 Å². The molecule has 0 aromatic rings. The molecule has 0 aliphatic heterocycles. The van der Waals surface area contributed by atoms with Crippen LogP contribution in [0.3, 0.4) is 0 Å². The van der Waals surface area contributed by atoms with Crippen molar-refractivity contribution in [3.8, 4) is 0 Å². The summed E-state index contributed by atoms with van der Waals surface area (Å²) >= 11 is 0. The molecule has 0 aliphatic carbocycles. The molecule has 0 spiro atoms. The molecule has 0 fully saturated rings. The maximum Gasteiger partial charge on any atom is 0.326 e. The largest absolute Gasteiger partial charge is 0.468 e. The molecule has 0 saturated carbocycles. The Morgan fingerprint density at radius 2 is 1.94 bits per heavy atom. The summed E-state index contributed by atoms with van der Waals surface area (Å²) in [5.41, 5.74) is 5.38. The van der Waals surface area contributed by atoms with Gasteiger partial charge in [-0.05, 0) is 6.92 Å². The van der Waals surface area contributed by atoms with Crippen LogP contribution in [0.4, 0.5) is 0 Å². The van der Waals surface area contributed by atoms with Crippen LogP contribution in [0, 0.1) is 0 Å². The molecule has 0 aromatic heterocycles. The minimum Gasteiger partial charge on any atom is -0.468 e. The van der Waals surface area contributed by atoms with E-state index in [1.54, 1.807) is 0 Å². The lowest BCUT2D eigenvalue weighted by Gasteiger charge is -2.17. The summed E-state index contributed by atoms with van der Waals surface area (Å²) in [5.74, 6) is -2.37. The molecule has 9 heteroatoms. The molecule has 0 radical (unpaired) electrons. The number of carbonyl (C=O) groups is 2. The van der Waals surface area contributed by atoms with Crippen LogP contribution in [0.25, 0.3) is 0 Å². The summed E-state index contributed by atoms with van der Waals surface area (Å²) in [5, 5.41) is 0. The standard InChI is InChI=1S/C8H15NO7S/c1-5(7(9)8(11)15-2)16-6(10)3-4-17(12,13)14/h5,7H,3-4,9H2,1-2H3,(H,12,13,14). The van der Waals surface area contributed by atoms with Gasteiger partial charge >= 0.3 is 11.9 Å². The third-order valence-corrected chi connectivity index (χ3v) is 2.58. The highest BCUT2D eigenvalue weighted by Crippen LogP contribution is 2.02. The van der Waals surface area contributed by atoms with Gasteiger partial charge in [0.25, 0.3) is 10.1 Å². The van der Waals surface area contributed by atoms with Crippen LogP contribution in [0.15, 0.2) is 0 Å². The van der Waals surface area contributed by atoms with E-state index in [2.05, 4.69) is 4.74 Å². The second-order valence-corrected chi connectivity index (χ2v) is 4.85. The van der Waals surface area contributed by atoms with Crippen LogP contribution in [-0.2, 0) is 29.2 Å². The van der Waals surface area contributed by atoms with Crippen molar-refractivity contribution in [2.24, 2.45) is 5.73 Å². The Kier molecular flexibility index (Phi) is 6.07. The van der Waals surface area contributed by atoms with Gasteiger partial charge in [-0.25, -0.2) is 0 Å². The lowest BCUT2D eigenvalue weighted by Crippen LogP contribution is -2.43. The van der Waals surface area contributed by atoms with Gasteiger partial charge in [-0.3, -0.25) is 14.1 Å². The van der Waals surface area contributed by atoms with Gasteiger partial charge in [0.2, 0.25) is 0 Å². The van der Waals surface area contributed by atoms with Crippen molar-refractivity contribution in [2.75, 3.05) is 12.9 Å². The van der Waals surface area contributed by atoms with Crippen molar-refractivity contribution in [1.82, 2.24) is 0 Å². The van der Waals surface area contributed by atoms with Crippen LogP contribution >= 0.6 is 0 Å². The highest BCUT2D eigenvalue weighted by Gasteiger charge is 2.25. The highest BCUT2D eigenvalue weighted by molar-refractivity contribution is 7.85. The molecule has 0 aliphatic rings. The maximum atomic E-state index is 11.1. The minimum absolute atomic E-state index is 0.517. The zero-order valence-corrected chi connectivity index (χ0v) is 10.3. The SMILES string of the molecule is COC(=O)C(N)C(C)OC(=O)CCS(=O)(=O)O. The Bertz CT molecular complexity index is 377. The van der Waals surface area contributed by atoms with Crippen LogP contribution in [-0.4, -0.2) is 49.9 Å². The second-order valence-electron chi connectivity index (χ2n) is 3.28. The summed E-state index contributed by atoms with van der Waals surface area (Å²) in [7, 11) is -3.09. The lowest BCUT2D eigenvalue weighted by atomic mass is 10.2. The number of hydrogen-bond acceptors (Lipinski definition) is 7. The molecular weight excluding hydrogens is 254 g/mol. The van der Waals surface area contributed by atoms with Gasteiger partial charge in [0.15, 0.2) is 0 Å². The summed E-state index contributed by atoms with van der Waals surface area (Å²) in [6, 6.07) is -1.14. The van der Waals surface area contributed by atoms with Crippen LogP contribution in [0.1, 0.15) is 13.3 Å². The van der Waals surface area contributed by atoms with Gasteiger partial charge in [-0.2, -0.15) is 8.42 Å². The third kappa shape index (κ3) is 6.87. The average molecular weight is 269 g/mol. The van der Waals surface area contributed by atoms with E-state index in [0.717, 1.165) is 7.11 Å². The monoisotopic (exact) mass is 269 g/mol. The molecule has 0 bridgehead atoms. The fourth-order valence-electron chi connectivity index (χ4n) is 0.880. The lowest BCUT2D eigenvalue weighted by molar-refractivity contribution is -0.154. The second kappa shape index (κ2) is 6.52. The number of nitrogens with two attached hydrogens (primary N) is 1. The van der Waals surface area contributed by atoms with Crippen molar-refractivity contribution in [1.29, 1.82) is 0 Å². The van der Waals surface area contributed by atoms with Crippen LogP contribution in [0.2, 0.25) is 0 Å². The predicted molar refractivity (Wildman–Crippen MR) is 56.6 cm³/mol. The van der Waals surface area contributed by atoms with E-state index in [9.17, 15) is 18.0 Å². The molecule has 8 nitrogen and oxygen atoms in total. The first-order valence-electron chi connectivity index (χ1n) is 4.65. The van der Waals surface area contributed by atoms with Crippen molar-refractivity contribution < 1.29 is 32.0 Å². The minimum atomic E-state index is -4.22. The Morgan fingerprint density at radius 3 is 2.35 bits per heavy atom. The Balaban J connectivity index is 4.17. The topological polar surface area (TPSA) is 133 Å². The molecule has 100 valence electrons. The average Bonchev–Trinajstić information content (AvgIpc) is 2.23. The molecule has 0 amide bonds. The normalized spacial score (nSPS) is 14.8. The molecule has 0 saturated heterocycles. The molecular formula is C8H15NO7S. The van der Waals surface area contributed by atoms with Crippen molar-refractivity contribution in [3.63, 3.8) is 0 Å². The molecule has 2 atom stereocenters. The van der Waals surface area contributed by atoms with Gasteiger partial charge in [0, 0.05) is 0 Å². The van der Waals surface area contributed by atoms with Crippen LogP contribution in [0.5, 0.6) is 0 Å². The first kappa shape index (κ1) is 15.8. The summed E-state index contributed by atoms with van der Waals surface area (Å²) in [6.45, 7) is 1.37. The fourth-order valence-corrected chi connectivity index (χ4v) is 1.30. The number of ether oxygens (including phenoxy) is 2. The zero-order chi connectivity index (χ0) is 13.6. The summed E-state index contributed by atoms with van der Waals surface area (Å²) in [4.78, 5) is 22.1. The maximum absolute atomic E-state index is 11.1. The summed E-state index contributed by atoms with van der Waals surface area (Å²) in [6.07, 6.45) is -1.46. The zero-order valence-electron chi connectivity index (χ0n) is 9.45. The number of methoxy groups -OCH3 is 1. The highest BCUT2D eigenvalue weighted by atomic mass is 32.2. The molecule has 2 unspecified atom stereocenters. The quantitative estimate of drug-likeness (QED) is 0.449. The molecule has 0 heterocycles. The van der Waals surface area contributed by atoms with Gasteiger partial charge in [-0.1, -0.05) is 0 Å². The van der Waals surface area contributed by atoms with E-state index in [-0.39, 0.29) is 0 Å². The first-order valence-corrected chi connectivity index (χ1v) is 6.26. The molecule has 3 N–H and O–H groups in total. The van der Waals surface area contributed by atoms with Crippen molar-refractivity contribution in [3.05, 3.63) is 0 Å². The third-order valence-electron chi connectivity index (χ3n) is 1.86. The molecule has 0 rings (SSSR count). The predicted octanol–water partition coefficient (Wildman–Crippen LogP) is -1.30. The number of esters is 2. The molecule has 17 heavy (non-hydrogen) atoms. The fraction of sp³-hybridized carbons (Fsp3) is 0.750. The van der Waals surface area contributed by atoms with E-state index < -0.39 is 46.4 Å². The van der Waals surface area contributed by atoms with Gasteiger partial charge < -0.3 is 15.2 Å².